The van der Waals surface area contributed by atoms with Crippen LogP contribution in [0, 0.1) is 0 Å². The Balaban J connectivity index is 2.58. The summed E-state index contributed by atoms with van der Waals surface area (Å²) in [6.07, 6.45) is 0.431. The molecule has 0 fully saturated rings. The van der Waals surface area contributed by atoms with Crippen LogP contribution in [0.5, 0.6) is 0 Å². The molecule has 0 aliphatic heterocycles. The molecule has 0 heterocycles. The van der Waals surface area contributed by atoms with E-state index in [1.807, 2.05) is 45.0 Å². The van der Waals surface area contributed by atoms with Crippen LogP contribution in [0.1, 0.15) is 31.9 Å². The number of hydrogen-bond acceptors (Lipinski definition) is 4. The average molecular weight is 251 g/mol. The van der Waals surface area contributed by atoms with E-state index in [0.717, 1.165) is 11.1 Å². The third-order valence-corrected chi connectivity index (χ3v) is 2.37. The summed E-state index contributed by atoms with van der Waals surface area (Å²) < 4.78 is 5.21. The smallest absolute Gasteiger partial charge is 0.323 e. The van der Waals surface area contributed by atoms with Gasteiger partial charge in [0.1, 0.15) is 11.6 Å². The summed E-state index contributed by atoms with van der Waals surface area (Å²) in [6, 6.07) is 6.68. The molecule has 0 radical (unpaired) electrons. The normalized spacial score (nSPS) is 13.2. The van der Waals surface area contributed by atoms with Crippen molar-refractivity contribution in [1.82, 2.24) is 0 Å². The Hall–Kier alpha value is -1.39. The summed E-state index contributed by atoms with van der Waals surface area (Å²) in [5, 5.41) is 8.93. The van der Waals surface area contributed by atoms with Crippen molar-refractivity contribution in [1.29, 1.82) is 0 Å². The zero-order chi connectivity index (χ0) is 13.8. The van der Waals surface area contributed by atoms with Crippen molar-refractivity contribution < 1.29 is 14.6 Å². The van der Waals surface area contributed by atoms with Crippen LogP contribution >= 0.6 is 0 Å². The third-order valence-electron chi connectivity index (χ3n) is 2.37. The van der Waals surface area contributed by atoms with Crippen LogP contribution < -0.4 is 5.73 Å². The molecule has 0 aromatic heterocycles. The van der Waals surface area contributed by atoms with Gasteiger partial charge in [-0.15, -0.1) is 0 Å². The van der Waals surface area contributed by atoms with Gasteiger partial charge in [-0.05, 0) is 38.3 Å². The molecule has 0 saturated carbocycles. The van der Waals surface area contributed by atoms with Gasteiger partial charge in [0.15, 0.2) is 0 Å². The third kappa shape index (κ3) is 4.85. The first kappa shape index (κ1) is 14.7. The van der Waals surface area contributed by atoms with Gasteiger partial charge >= 0.3 is 5.97 Å². The molecule has 4 nitrogen and oxygen atoms in total. The van der Waals surface area contributed by atoms with Crippen LogP contribution in [0.25, 0.3) is 0 Å². The number of carbonyl (C=O) groups is 1. The van der Waals surface area contributed by atoms with E-state index >= 15 is 0 Å². The van der Waals surface area contributed by atoms with Crippen LogP contribution in [-0.2, 0) is 22.6 Å². The Morgan fingerprint density at radius 1 is 1.28 bits per heavy atom. The van der Waals surface area contributed by atoms with Gasteiger partial charge in [0, 0.05) is 0 Å². The number of hydrogen-bond donors (Lipinski definition) is 2. The van der Waals surface area contributed by atoms with Gasteiger partial charge in [-0.1, -0.05) is 24.3 Å². The average Bonchev–Trinajstić information content (AvgIpc) is 2.27. The minimum atomic E-state index is -0.663. The van der Waals surface area contributed by atoms with Crippen molar-refractivity contribution in [3.05, 3.63) is 35.4 Å². The lowest BCUT2D eigenvalue weighted by Gasteiger charge is -2.22. The molecule has 1 atom stereocenters. The highest BCUT2D eigenvalue weighted by atomic mass is 16.6. The fourth-order valence-corrected chi connectivity index (χ4v) is 1.50. The summed E-state index contributed by atoms with van der Waals surface area (Å²) in [4.78, 5) is 11.7. The Bertz CT molecular complexity index is 392. The van der Waals surface area contributed by atoms with Crippen molar-refractivity contribution in [3.8, 4) is 0 Å². The van der Waals surface area contributed by atoms with Gasteiger partial charge < -0.3 is 15.6 Å². The quantitative estimate of drug-likeness (QED) is 0.793. The lowest BCUT2D eigenvalue weighted by molar-refractivity contribution is -0.156. The van der Waals surface area contributed by atoms with E-state index in [1.54, 1.807) is 0 Å². The molecule has 3 N–H and O–H groups in total. The van der Waals surface area contributed by atoms with Gasteiger partial charge in [0.05, 0.1) is 6.61 Å². The molecule has 18 heavy (non-hydrogen) atoms. The second-order valence-electron chi connectivity index (χ2n) is 5.32. The van der Waals surface area contributed by atoms with Gasteiger partial charge in [0.2, 0.25) is 0 Å². The molecule has 0 saturated heterocycles. The molecule has 0 bridgehead atoms. The van der Waals surface area contributed by atoms with Crippen molar-refractivity contribution in [3.63, 3.8) is 0 Å². The highest BCUT2D eigenvalue weighted by Crippen LogP contribution is 2.11. The Labute approximate surface area is 108 Å². The van der Waals surface area contributed by atoms with Crippen LogP contribution in [0.15, 0.2) is 24.3 Å². The lowest BCUT2D eigenvalue weighted by Crippen LogP contribution is -2.38. The van der Waals surface area contributed by atoms with Gasteiger partial charge in [-0.2, -0.15) is 0 Å². The topological polar surface area (TPSA) is 72.5 Å². The number of nitrogens with two attached hydrogens (primary N) is 1. The second kappa shape index (κ2) is 5.98. The lowest BCUT2D eigenvalue weighted by atomic mass is 10.0. The fourth-order valence-electron chi connectivity index (χ4n) is 1.50. The molecule has 1 aromatic rings. The van der Waals surface area contributed by atoms with Crippen molar-refractivity contribution in [2.45, 2.75) is 45.4 Å². The van der Waals surface area contributed by atoms with Crippen LogP contribution in [-0.4, -0.2) is 22.7 Å². The van der Waals surface area contributed by atoms with Gasteiger partial charge in [0.25, 0.3) is 0 Å². The van der Waals surface area contributed by atoms with Crippen molar-refractivity contribution >= 4 is 5.97 Å². The first-order chi connectivity index (χ1) is 8.31. The molecule has 100 valence electrons. The van der Waals surface area contributed by atoms with E-state index in [2.05, 4.69) is 0 Å². The van der Waals surface area contributed by atoms with Crippen LogP contribution in [0.4, 0.5) is 0 Å². The first-order valence-corrected chi connectivity index (χ1v) is 5.99. The summed E-state index contributed by atoms with van der Waals surface area (Å²) in [6.45, 7) is 5.45. The Morgan fingerprint density at radius 2 is 1.78 bits per heavy atom. The van der Waals surface area contributed by atoms with Gasteiger partial charge in [-0.25, -0.2) is 0 Å². The molecule has 4 heteroatoms. The summed E-state index contributed by atoms with van der Waals surface area (Å²) in [5.74, 6) is -0.395. The van der Waals surface area contributed by atoms with E-state index in [0.29, 0.717) is 6.42 Å². The molecule has 0 spiro atoms. The Morgan fingerprint density at radius 3 is 2.22 bits per heavy atom. The number of aliphatic hydroxyl groups is 1. The van der Waals surface area contributed by atoms with E-state index in [-0.39, 0.29) is 6.61 Å². The molecule has 0 aliphatic carbocycles. The fraction of sp³-hybridized carbons (Fsp3) is 0.500. The number of benzene rings is 1. The summed E-state index contributed by atoms with van der Waals surface area (Å²) in [7, 11) is 0. The maximum absolute atomic E-state index is 11.7. The molecular formula is C14H21NO3. The summed E-state index contributed by atoms with van der Waals surface area (Å²) >= 11 is 0. The number of aliphatic hydroxyl groups excluding tert-OH is 1. The second-order valence-corrected chi connectivity index (χ2v) is 5.32. The van der Waals surface area contributed by atoms with Crippen molar-refractivity contribution in [2.75, 3.05) is 0 Å². The molecule has 1 aromatic carbocycles. The molecule has 1 rings (SSSR count). The number of carbonyl (C=O) groups excluding carboxylic acids is 1. The number of esters is 1. The highest BCUT2D eigenvalue weighted by Gasteiger charge is 2.22. The zero-order valence-corrected chi connectivity index (χ0v) is 11.1. The largest absolute Gasteiger partial charge is 0.459 e. The number of rotatable bonds is 4. The van der Waals surface area contributed by atoms with E-state index in [1.165, 1.54) is 0 Å². The van der Waals surface area contributed by atoms with Crippen molar-refractivity contribution in [2.24, 2.45) is 5.73 Å². The van der Waals surface area contributed by atoms with Crippen LogP contribution in [0.2, 0.25) is 0 Å². The predicted octanol–water partition coefficient (Wildman–Crippen LogP) is 1.39. The Kier molecular flexibility index (Phi) is 4.87. The van der Waals surface area contributed by atoms with E-state index < -0.39 is 17.6 Å². The SMILES string of the molecule is CC(C)(C)OC(=O)[C@H](N)Cc1ccc(CO)cc1. The number of ether oxygens (including phenoxy) is 1. The minimum absolute atomic E-state index is 0.0123. The first-order valence-electron chi connectivity index (χ1n) is 5.99. The monoisotopic (exact) mass is 251 g/mol. The zero-order valence-electron chi connectivity index (χ0n) is 11.1. The van der Waals surface area contributed by atoms with E-state index in [4.69, 9.17) is 15.6 Å². The minimum Gasteiger partial charge on any atom is -0.459 e. The van der Waals surface area contributed by atoms with Crippen LogP contribution in [0.3, 0.4) is 0 Å². The standard InChI is InChI=1S/C14H21NO3/c1-14(2,3)18-13(17)12(15)8-10-4-6-11(9-16)7-5-10/h4-7,12,16H,8-9,15H2,1-3H3/t12-/m1/s1. The molecule has 0 amide bonds. The maximum Gasteiger partial charge on any atom is 0.323 e. The predicted molar refractivity (Wildman–Crippen MR) is 69.9 cm³/mol. The maximum atomic E-state index is 11.7. The molecule has 0 unspecified atom stereocenters. The van der Waals surface area contributed by atoms with Gasteiger partial charge in [-0.3, -0.25) is 4.79 Å². The molecular weight excluding hydrogens is 230 g/mol. The van der Waals surface area contributed by atoms with E-state index in [9.17, 15) is 4.79 Å². The summed E-state index contributed by atoms with van der Waals surface area (Å²) in [5.41, 5.74) is 7.07. The molecule has 0 aliphatic rings. The highest BCUT2D eigenvalue weighted by molar-refractivity contribution is 5.76.